The summed E-state index contributed by atoms with van der Waals surface area (Å²) in [7, 11) is 0. The third-order valence-corrected chi connectivity index (χ3v) is 3.72. The second-order valence-corrected chi connectivity index (χ2v) is 6.67. The fourth-order valence-corrected chi connectivity index (χ4v) is 2.25. The van der Waals surface area contributed by atoms with E-state index in [0.29, 0.717) is 5.56 Å². The van der Waals surface area contributed by atoms with Gasteiger partial charge < -0.3 is 10.4 Å². The molecule has 0 aliphatic heterocycles. The van der Waals surface area contributed by atoms with Crippen LogP contribution in [-0.2, 0) is 5.41 Å². The minimum absolute atomic E-state index is 0.0469. The normalized spacial score (nSPS) is 11.7. The Morgan fingerprint density at radius 1 is 1.09 bits per heavy atom. The predicted octanol–water partition coefficient (Wildman–Crippen LogP) is 4.81. The molecule has 0 radical (unpaired) electrons. The van der Waals surface area contributed by atoms with Crippen LogP contribution in [0.4, 0.5) is 5.69 Å². The number of aromatic hydroxyl groups is 1. The Morgan fingerprint density at radius 2 is 1.74 bits per heavy atom. The smallest absolute Gasteiger partial charge is 0.187 e. The van der Waals surface area contributed by atoms with E-state index in [1.165, 1.54) is 11.6 Å². The molecule has 0 saturated heterocycles. The Labute approximate surface area is 137 Å². The molecule has 120 valence electrons. The van der Waals surface area contributed by atoms with Gasteiger partial charge >= 0.3 is 0 Å². The van der Waals surface area contributed by atoms with Crippen LogP contribution >= 0.6 is 0 Å². The maximum absolute atomic E-state index is 12.2. The summed E-state index contributed by atoms with van der Waals surface area (Å²) >= 11 is 0. The Morgan fingerprint density at radius 3 is 2.30 bits per heavy atom. The van der Waals surface area contributed by atoms with Crippen molar-refractivity contribution in [2.24, 2.45) is 0 Å². The largest absolute Gasteiger partial charge is 0.508 e. The molecule has 0 unspecified atom stereocenters. The lowest BCUT2D eigenvalue weighted by Gasteiger charge is -2.18. The highest BCUT2D eigenvalue weighted by Crippen LogP contribution is 2.22. The summed E-state index contributed by atoms with van der Waals surface area (Å²) in [5.41, 5.74) is 3.72. The van der Waals surface area contributed by atoms with E-state index in [1.54, 1.807) is 24.4 Å². The van der Waals surface area contributed by atoms with Crippen LogP contribution in [0.25, 0.3) is 0 Å². The van der Waals surface area contributed by atoms with Crippen LogP contribution in [0.3, 0.4) is 0 Å². The molecule has 0 saturated carbocycles. The molecule has 0 fully saturated rings. The molecule has 3 nitrogen and oxygen atoms in total. The first-order valence-corrected chi connectivity index (χ1v) is 7.65. The molecule has 2 rings (SSSR count). The lowest BCUT2D eigenvalue weighted by Crippen LogP contribution is -2.11. The van der Waals surface area contributed by atoms with Gasteiger partial charge in [0.2, 0.25) is 0 Å². The number of allylic oxidation sites excluding steroid dienone is 1. The van der Waals surface area contributed by atoms with Crippen LogP contribution in [-0.4, -0.2) is 10.9 Å². The SMILES string of the molecule is Cc1cc(O)ccc1N/C=C/C(=O)c1ccc(C(C)(C)C)cc1. The van der Waals surface area contributed by atoms with Crippen LogP contribution in [0.15, 0.2) is 54.7 Å². The molecule has 0 aliphatic carbocycles. The fraction of sp³-hybridized carbons (Fsp3) is 0.250. The van der Waals surface area contributed by atoms with Gasteiger partial charge in [0.25, 0.3) is 0 Å². The highest BCUT2D eigenvalue weighted by molar-refractivity contribution is 6.04. The van der Waals surface area contributed by atoms with Gasteiger partial charge in [-0.25, -0.2) is 0 Å². The molecular formula is C20H23NO2. The topological polar surface area (TPSA) is 49.3 Å². The van der Waals surface area contributed by atoms with E-state index in [9.17, 15) is 9.90 Å². The lowest BCUT2D eigenvalue weighted by molar-refractivity contribution is 0.104. The van der Waals surface area contributed by atoms with Crippen LogP contribution in [0.5, 0.6) is 5.75 Å². The number of phenolic OH excluding ortho intramolecular Hbond substituents is 1. The zero-order chi connectivity index (χ0) is 17.0. The van der Waals surface area contributed by atoms with Crippen LogP contribution in [0, 0.1) is 6.92 Å². The molecule has 2 N–H and O–H groups in total. The molecule has 0 bridgehead atoms. The number of benzene rings is 2. The third-order valence-electron chi connectivity index (χ3n) is 3.72. The number of ketones is 1. The van der Waals surface area contributed by atoms with Crippen molar-refractivity contribution in [3.05, 3.63) is 71.4 Å². The van der Waals surface area contributed by atoms with Gasteiger partial charge in [-0.05, 0) is 41.7 Å². The second kappa shape index (κ2) is 6.69. The molecule has 2 aromatic carbocycles. The average molecular weight is 309 g/mol. The maximum Gasteiger partial charge on any atom is 0.187 e. The van der Waals surface area contributed by atoms with E-state index in [2.05, 4.69) is 26.1 Å². The number of phenols is 1. The highest BCUT2D eigenvalue weighted by atomic mass is 16.3. The van der Waals surface area contributed by atoms with Gasteiger partial charge in [-0.3, -0.25) is 4.79 Å². The molecule has 0 heterocycles. The number of carbonyl (C=O) groups is 1. The Balaban J connectivity index is 2.04. The highest BCUT2D eigenvalue weighted by Gasteiger charge is 2.13. The van der Waals surface area contributed by atoms with Gasteiger partial charge in [-0.2, -0.15) is 0 Å². The number of aryl methyl sites for hydroxylation is 1. The molecule has 0 atom stereocenters. The van der Waals surface area contributed by atoms with Crippen LogP contribution < -0.4 is 5.32 Å². The molecule has 0 spiro atoms. The van der Waals surface area contributed by atoms with Crippen molar-refractivity contribution in [1.29, 1.82) is 0 Å². The number of hydrogen-bond donors (Lipinski definition) is 2. The minimum Gasteiger partial charge on any atom is -0.508 e. The van der Waals surface area contributed by atoms with Crippen molar-refractivity contribution in [3.8, 4) is 5.75 Å². The van der Waals surface area contributed by atoms with E-state index in [1.807, 2.05) is 31.2 Å². The predicted molar refractivity (Wildman–Crippen MR) is 95.1 cm³/mol. The van der Waals surface area contributed by atoms with Crippen LogP contribution in [0.2, 0.25) is 0 Å². The maximum atomic E-state index is 12.2. The quantitative estimate of drug-likeness (QED) is 0.484. The Kier molecular flexibility index (Phi) is 4.89. The van der Waals surface area contributed by atoms with Crippen molar-refractivity contribution in [3.63, 3.8) is 0 Å². The number of anilines is 1. The number of nitrogens with one attached hydrogen (secondary N) is 1. The van der Waals surface area contributed by atoms with Gasteiger partial charge in [-0.15, -0.1) is 0 Å². The number of carbonyl (C=O) groups excluding carboxylic acids is 1. The molecule has 23 heavy (non-hydrogen) atoms. The summed E-state index contributed by atoms with van der Waals surface area (Å²) in [6, 6.07) is 12.8. The Hall–Kier alpha value is -2.55. The summed E-state index contributed by atoms with van der Waals surface area (Å²) in [5, 5.41) is 12.4. The van der Waals surface area contributed by atoms with E-state index in [-0.39, 0.29) is 16.9 Å². The van der Waals surface area contributed by atoms with Crippen molar-refractivity contribution in [1.82, 2.24) is 0 Å². The van der Waals surface area contributed by atoms with E-state index < -0.39 is 0 Å². The fourth-order valence-electron chi connectivity index (χ4n) is 2.25. The van der Waals surface area contributed by atoms with Crippen molar-refractivity contribution < 1.29 is 9.90 Å². The summed E-state index contributed by atoms with van der Waals surface area (Å²) in [4.78, 5) is 12.2. The minimum atomic E-state index is -0.0469. The summed E-state index contributed by atoms with van der Waals surface area (Å²) in [6.07, 6.45) is 3.14. The van der Waals surface area contributed by atoms with E-state index in [4.69, 9.17) is 0 Å². The molecule has 0 aliphatic rings. The summed E-state index contributed by atoms with van der Waals surface area (Å²) in [6.45, 7) is 8.33. The molecular weight excluding hydrogens is 286 g/mol. The Bertz CT molecular complexity index is 722. The van der Waals surface area contributed by atoms with Gasteiger partial charge in [-0.1, -0.05) is 45.0 Å². The first kappa shape index (κ1) is 16.8. The van der Waals surface area contributed by atoms with Crippen molar-refractivity contribution >= 4 is 11.5 Å². The average Bonchev–Trinajstić information content (AvgIpc) is 2.48. The van der Waals surface area contributed by atoms with Gasteiger partial charge in [0.15, 0.2) is 5.78 Å². The first-order chi connectivity index (χ1) is 10.8. The van der Waals surface area contributed by atoms with Gasteiger partial charge in [0.05, 0.1) is 0 Å². The molecule has 2 aromatic rings. The third kappa shape index (κ3) is 4.46. The standard InChI is InChI=1S/C20H23NO2/c1-14-13-17(22)9-10-18(14)21-12-11-19(23)15-5-7-16(8-6-15)20(2,3)4/h5-13,21-22H,1-4H3/b12-11+. The van der Waals surface area contributed by atoms with Gasteiger partial charge in [0.1, 0.15) is 5.75 Å². The summed E-state index contributed by atoms with van der Waals surface area (Å²) < 4.78 is 0. The molecule has 3 heteroatoms. The molecule has 0 aromatic heterocycles. The van der Waals surface area contributed by atoms with Crippen molar-refractivity contribution in [2.45, 2.75) is 33.1 Å². The lowest BCUT2D eigenvalue weighted by atomic mass is 9.86. The zero-order valence-electron chi connectivity index (χ0n) is 14.1. The first-order valence-electron chi connectivity index (χ1n) is 7.65. The van der Waals surface area contributed by atoms with Crippen molar-refractivity contribution in [2.75, 3.05) is 5.32 Å². The van der Waals surface area contributed by atoms with E-state index in [0.717, 1.165) is 11.3 Å². The van der Waals surface area contributed by atoms with Crippen LogP contribution in [0.1, 0.15) is 42.3 Å². The summed E-state index contributed by atoms with van der Waals surface area (Å²) in [5.74, 6) is 0.182. The number of hydrogen-bond acceptors (Lipinski definition) is 3. The second-order valence-electron chi connectivity index (χ2n) is 6.67. The van der Waals surface area contributed by atoms with Gasteiger partial charge in [0, 0.05) is 23.5 Å². The zero-order valence-corrected chi connectivity index (χ0v) is 14.1. The number of rotatable bonds is 4. The monoisotopic (exact) mass is 309 g/mol. The van der Waals surface area contributed by atoms with E-state index >= 15 is 0 Å². The molecule has 0 amide bonds.